The van der Waals surface area contributed by atoms with Gasteiger partial charge in [-0.2, -0.15) is 0 Å². The third-order valence-electron chi connectivity index (χ3n) is 5.23. The highest BCUT2D eigenvalue weighted by molar-refractivity contribution is 5.57. The molecular weight excluding hydrogens is 267 g/mol. The largest absolute Gasteiger partial charge is 0.393 e. The van der Waals surface area contributed by atoms with Gasteiger partial charge in [-0.15, -0.1) is 0 Å². The van der Waals surface area contributed by atoms with Crippen molar-refractivity contribution in [2.75, 3.05) is 4.90 Å². The molecule has 2 unspecified atom stereocenters. The lowest BCUT2D eigenvalue weighted by molar-refractivity contribution is 0.126. The molecule has 2 aliphatic heterocycles. The van der Waals surface area contributed by atoms with Gasteiger partial charge < -0.3 is 15.3 Å². The Morgan fingerprint density at radius 3 is 2.52 bits per heavy atom. The maximum absolute atomic E-state index is 14.3. The maximum Gasteiger partial charge on any atom is 0.129 e. The fourth-order valence-electron chi connectivity index (χ4n) is 4.04. The van der Waals surface area contributed by atoms with E-state index in [0.29, 0.717) is 24.7 Å². The molecule has 1 aliphatic carbocycles. The van der Waals surface area contributed by atoms with Gasteiger partial charge in [-0.1, -0.05) is 6.07 Å². The highest BCUT2D eigenvalue weighted by atomic mass is 19.1. The summed E-state index contributed by atoms with van der Waals surface area (Å²) in [4.78, 5) is 2.39. The van der Waals surface area contributed by atoms with Crippen LogP contribution in [0.2, 0.25) is 0 Å². The predicted molar refractivity (Wildman–Crippen MR) is 80.8 cm³/mol. The minimum atomic E-state index is -0.180. The van der Waals surface area contributed by atoms with Gasteiger partial charge in [0.15, 0.2) is 0 Å². The third kappa shape index (κ3) is 2.55. The summed E-state index contributed by atoms with van der Waals surface area (Å²) < 4.78 is 14.3. The van der Waals surface area contributed by atoms with E-state index in [2.05, 4.69) is 16.3 Å². The van der Waals surface area contributed by atoms with Crippen molar-refractivity contribution in [2.24, 2.45) is 0 Å². The van der Waals surface area contributed by atoms with Crippen molar-refractivity contribution in [2.45, 2.75) is 69.3 Å². The number of rotatable bonds is 4. The molecule has 0 aromatic heterocycles. The molecule has 4 rings (SSSR count). The van der Waals surface area contributed by atoms with Crippen molar-refractivity contribution >= 4 is 5.69 Å². The van der Waals surface area contributed by atoms with Crippen molar-refractivity contribution in [1.82, 2.24) is 5.32 Å². The van der Waals surface area contributed by atoms with Gasteiger partial charge >= 0.3 is 0 Å². The Bertz CT molecular complexity index is 518. The Hall–Kier alpha value is -1.13. The van der Waals surface area contributed by atoms with Crippen LogP contribution in [0, 0.1) is 5.82 Å². The molecule has 0 amide bonds. The normalized spacial score (nSPS) is 31.7. The topological polar surface area (TPSA) is 35.5 Å². The van der Waals surface area contributed by atoms with E-state index in [4.69, 9.17) is 0 Å². The SMILES string of the molecule is OC1CC2CCC(C1)N2c1cccc(F)c1CNC1CC1. The number of piperidine rings is 1. The van der Waals surface area contributed by atoms with Gasteiger partial charge in [0, 0.05) is 35.9 Å². The summed E-state index contributed by atoms with van der Waals surface area (Å²) in [7, 11) is 0. The second-order valence-corrected chi connectivity index (χ2v) is 6.81. The van der Waals surface area contributed by atoms with Crippen LogP contribution in [0.5, 0.6) is 0 Å². The molecule has 1 aromatic carbocycles. The van der Waals surface area contributed by atoms with Gasteiger partial charge in [0.2, 0.25) is 0 Å². The standard InChI is InChI=1S/C17H23FN2O/c18-16-2-1-3-17(15(16)10-19-11-4-5-11)20-12-6-7-13(20)9-14(21)8-12/h1-3,11-14,19,21H,4-10H2. The number of halogens is 1. The molecule has 114 valence electrons. The Morgan fingerprint density at radius 2 is 1.86 bits per heavy atom. The number of fused-ring (bicyclic) bond motifs is 2. The van der Waals surface area contributed by atoms with Gasteiger partial charge in [-0.05, 0) is 50.7 Å². The molecule has 0 radical (unpaired) electrons. The maximum atomic E-state index is 14.3. The molecular formula is C17H23FN2O. The van der Waals surface area contributed by atoms with Crippen molar-refractivity contribution in [3.63, 3.8) is 0 Å². The van der Waals surface area contributed by atoms with Crippen LogP contribution >= 0.6 is 0 Å². The Labute approximate surface area is 125 Å². The molecule has 2 saturated heterocycles. The van der Waals surface area contributed by atoms with Crippen LogP contribution in [0.4, 0.5) is 10.1 Å². The van der Waals surface area contributed by atoms with Crippen molar-refractivity contribution in [1.29, 1.82) is 0 Å². The van der Waals surface area contributed by atoms with Crippen molar-refractivity contribution < 1.29 is 9.50 Å². The number of aliphatic hydroxyl groups excluding tert-OH is 1. The second kappa shape index (κ2) is 5.25. The van der Waals surface area contributed by atoms with E-state index >= 15 is 0 Å². The summed E-state index contributed by atoms with van der Waals surface area (Å²) in [6.07, 6.45) is 6.13. The number of nitrogens with zero attached hydrogens (tertiary/aromatic N) is 1. The summed E-state index contributed by atoms with van der Waals surface area (Å²) in [5.41, 5.74) is 1.85. The van der Waals surface area contributed by atoms with E-state index in [9.17, 15) is 9.50 Å². The summed E-state index contributed by atoms with van der Waals surface area (Å²) in [5.74, 6) is -0.105. The zero-order valence-electron chi connectivity index (χ0n) is 12.3. The van der Waals surface area contributed by atoms with Gasteiger partial charge in [0.1, 0.15) is 5.82 Å². The highest BCUT2D eigenvalue weighted by Gasteiger charge is 2.41. The van der Waals surface area contributed by atoms with Crippen molar-refractivity contribution in [3.05, 3.63) is 29.6 Å². The average molecular weight is 290 g/mol. The molecule has 3 aliphatic rings. The van der Waals surface area contributed by atoms with Crippen molar-refractivity contribution in [3.8, 4) is 0 Å². The zero-order valence-corrected chi connectivity index (χ0v) is 12.3. The van der Waals surface area contributed by atoms with E-state index < -0.39 is 0 Å². The average Bonchev–Trinajstić information content (AvgIpc) is 3.23. The molecule has 3 fully saturated rings. The van der Waals surface area contributed by atoms with Gasteiger partial charge in [-0.3, -0.25) is 0 Å². The monoisotopic (exact) mass is 290 g/mol. The molecule has 0 spiro atoms. The lowest BCUT2D eigenvalue weighted by atomic mass is 9.97. The Balaban J connectivity index is 1.63. The first-order chi connectivity index (χ1) is 10.2. The van der Waals surface area contributed by atoms with Gasteiger partial charge in [-0.25, -0.2) is 4.39 Å². The fourth-order valence-corrected chi connectivity index (χ4v) is 4.04. The number of aliphatic hydroxyl groups is 1. The molecule has 21 heavy (non-hydrogen) atoms. The van der Waals surface area contributed by atoms with Crippen LogP contribution < -0.4 is 10.2 Å². The van der Waals surface area contributed by atoms with E-state index in [1.54, 1.807) is 6.07 Å². The molecule has 2 heterocycles. The minimum absolute atomic E-state index is 0.105. The second-order valence-electron chi connectivity index (χ2n) is 6.81. The predicted octanol–water partition coefficient (Wildman–Crippen LogP) is 2.57. The highest BCUT2D eigenvalue weighted by Crippen LogP contribution is 2.41. The van der Waals surface area contributed by atoms with Crippen LogP contribution in [0.25, 0.3) is 0 Å². The number of hydrogen-bond acceptors (Lipinski definition) is 3. The molecule has 2 atom stereocenters. The number of benzene rings is 1. The summed E-state index contributed by atoms with van der Waals surface area (Å²) in [6, 6.07) is 6.76. The van der Waals surface area contributed by atoms with E-state index in [0.717, 1.165) is 36.9 Å². The Kier molecular flexibility index (Phi) is 3.38. The Morgan fingerprint density at radius 1 is 1.14 bits per heavy atom. The fraction of sp³-hybridized carbons (Fsp3) is 0.647. The number of hydrogen-bond donors (Lipinski definition) is 2. The minimum Gasteiger partial charge on any atom is -0.393 e. The van der Waals surface area contributed by atoms with E-state index in [1.165, 1.54) is 12.8 Å². The summed E-state index contributed by atoms with van der Waals surface area (Å²) in [6.45, 7) is 0.616. The summed E-state index contributed by atoms with van der Waals surface area (Å²) >= 11 is 0. The van der Waals surface area contributed by atoms with Crippen LogP contribution in [-0.4, -0.2) is 29.3 Å². The first kappa shape index (κ1) is 13.5. The molecule has 3 nitrogen and oxygen atoms in total. The molecule has 2 bridgehead atoms. The van der Waals surface area contributed by atoms with E-state index in [-0.39, 0.29) is 11.9 Å². The van der Waals surface area contributed by atoms with Crippen LogP contribution in [0.15, 0.2) is 18.2 Å². The lowest BCUT2D eigenvalue weighted by Crippen LogP contribution is -2.45. The number of anilines is 1. The van der Waals surface area contributed by atoms with Gasteiger partial charge in [0.25, 0.3) is 0 Å². The molecule has 4 heteroatoms. The van der Waals surface area contributed by atoms with Crippen LogP contribution in [-0.2, 0) is 6.54 Å². The smallest absolute Gasteiger partial charge is 0.129 e. The summed E-state index contributed by atoms with van der Waals surface area (Å²) in [5, 5.41) is 13.4. The molecule has 1 saturated carbocycles. The van der Waals surface area contributed by atoms with Gasteiger partial charge in [0.05, 0.1) is 6.10 Å². The van der Waals surface area contributed by atoms with Crippen LogP contribution in [0.3, 0.4) is 0 Å². The van der Waals surface area contributed by atoms with E-state index in [1.807, 2.05) is 6.07 Å². The lowest BCUT2D eigenvalue weighted by Gasteiger charge is -2.40. The van der Waals surface area contributed by atoms with Crippen LogP contribution in [0.1, 0.15) is 44.1 Å². The zero-order chi connectivity index (χ0) is 14.4. The first-order valence-electron chi connectivity index (χ1n) is 8.19. The first-order valence-corrected chi connectivity index (χ1v) is 8.19. The third-order valence-corrected chi connectivity index (χ3v) is 5.23. The quantitative estimate of drug-likeness (QED) is 0.894. The molecule has 2 N–H and O–H groups in total. The molecule has 1 aromatic rings. The number of nitrogens with one attached hydrogen (secondary N) is 1.